The minimum absolute atomic E-state index is 1.10. The van der Waals surface area contributed by atoms with E-state index in [1.807, 2.05) is 0 Å². The van der Waals surface area contributed by atoms with Crippen molar-refractivity contribution < 1.29 is 0 Å². The largest absolute Gasteiger partial charge is 0.338 e. The summed E-state index contributed by atoms with van der Waals surface area (Å²) in [6, 6.07) is 4.27. The minimum Gasteiger partial charge on any atom is -0.338 e. The van der Waals surface area contributed by atoms with Crippen molar-refractivity contribution in [1.29, 1.82) is 0 Å². The zero-order valence-electron chi connectivity index (χ0n) is 9.17. The SMILES string of the molecule is CSc1c(SC)n(C)c2cc(Br)cc(Br)c12. The molecule has 0 aliphatic rings. The number of hydrogen-bond donors (Lipinski definition) is 0. The van der Waals surface area contributed by atoms with Gasteiger partial charge in [-0.25, -0.2) is 0 Å². The molecule has 0 radical (unpaired) electrons. The lowest BCUT2D eigenvalue weighted by atomic mass is 10.2. The Bertz CT molecular complexity index is 549. The summed E-state index contributed by atoms with van der Waals surface area (Å²) in [6.45, 7) is 0. The van der Waals surface area contributed by atoms with Crippen LogP contribution in [-0.2, 0) is 7.05 Å². The van der Waals surface area contributed by atoms with Crippen LogP contribution in [0.15, 0.2) is 31.0 Å². The summed E-state index contributed by atoms with van der Waals surface area (Å²) in [5, 5.41) is 2.63. The quantitative estimate of drug-likeness (QED) is 0.664. The maximum Gasteiger partial charge on any atom is 0.0892 e. The maximum absolute atomic E-state index is 3.65. The van der Waals surface area contributed by atoms with Crippen LogP contribution < -0.4 is 0 Å². The Morgan fingerprint density at radius 1 is 1.12 bits per heavy atom. The normalized spacial score (nSPS) is 11.3. The van der Waals surface area contributed by atoms with Crippen LogP contribution in [-0.4, -0.2) is 17.1 Å². The molecule has 2 rings (SSSR count). The molecule has 5 heteroatoms. The lowest BCUT2D eigenvalue weighted by Crippen LogP contribution is -1.88. The summed E-state index contributed by atoms with van der Waals surface area (Å²) in [5.41, 5.74) is 1.26. The molecule has 0 fully saturated rings. The molecule has 16 heavy (non-hydrogen) atoms. The summed E-state index contributed by atoms with van der Waals surface area (Å²) >= 11 is 10.8. The molecule has 1 aromatic carbocycles. The van der Waals surface area contributed by atoms with Gasteiger partial charge >= 0.3 is 0 Å². The van der Waals surface area contributed by atoms with Gasteiger partial charge in [-0.3, -0.25) is 0 Å². The number of fused-ring (bicyclic) bond motifs is 1. The van der Waals surface area contributed by atoms with Crippen LogP contribution in [0.3, 0.4) is 0 Å². The smallest absolute Gasteiger partial charge is 0.0892 e. The van der Waals surface area contributed by atoms with Crippen LogP contribution in [0.25, 0.3) is 10.9 Å². The highest BCUT2D eigenvalue weighted by Crippen LogP contribution is 2.42. The fourth-order valence-electron chi connectivity index (χ4n) is 1.84. The van der Waals surface area contributed by atoms with Gasteiger partial charge in [-0.2, -0.15) is 0 Å². The highest BCUT2D eigenvalue weighted by Gasteiger charge is 2.16. The summed E-state index contributed by atoms with van der Waals surface area (Å²) < 4.78 is 4.51. The summed E-state index contributed by atoms with van der Waals surface area (Å²) in [7, 11) is 2.12. The molecule has 0 unspecified atom stereocenters. The Kier molecular flexibility index (Phi) is 3.99. The van der Waals surface area contributed by atoms with Gasteiger partial charge in [0, 0.05) is 26.3 Å². The van der Waals surface area contributed by atoms with Gasteiger partial charge < -0.3 is 4.57 Å². The lowest BCUT2D eigenvalue weighted by Gasteiger charge is -2.01. The summed E-state index contributed by atoms with van der Waals surface area (Å²) in [5.74, 6) is 0. The third-order valence-corrected chi connectivity index (χ3v) is 5.40. The molecule has 1 aromatic heterocycles. The van der Waals surface area contributed by atoms with Crippen molar-refractivity contribution in [3.8, 4) is 0 Å². The number of halogens is 2. The van der Waals surface area contributed by atoms with Crippen LogP contribution in [0.5, 0.6) is 0 Å². The molecule has 0 spiro atoms. The predicted molar refractivity (Wildman–Crippen MR) is 81.9 cm³/mol. The second-order valence-corrected chi connectivity index (χ2v) is 6.76. The van der Waals surface area contributed by atoms with Gasteiger partial charge in [0.2, 0.25) is 0 Å². The van der Waals surface area contributed by atoms with Crippen LogP contribution in [0.4, 0.5) is 0 Å². The zero-order valence-corrected chi connectivity index (χ0v) is 14.0. The van der Waals surface area contributed by atoms with Crippen molar-refractivity contribution in [2.75, 3.05) is 12.5 Å². The monoisotopic (exact) mass is 379 g/mol. The van der Waals surface area contributed by atoms with E-state index in [1.54, 1.807) is 23.5 Å². The fourth-order valence-corrected chi connectivity index (χ4v) is 5.26. The van der Waals surface area contributed by atoms with Gasteiger partial charge in [0.1, 0.15) is 0 Å². The van der Waals surface area contributed by atoms with E-state index in [1.165, 1.54) is 20.8 Å². The van der Waals surface area contributed by atoms with Crippen molar-refractivity contribution in [3.05, 3.63) is 21.1 Å². The van der Waals surface area contributed by atoms with Gasteiger partial charge in [-0.1, -0.05) is 31.9 Å². The third-order valence-electron chi connectivity index (χ3n) is 2.52. The second-order valence-electron chi connectivity index (χ2n) is 3.38. The number of nitrogens with zero attached hydrogens (tertiary/aromatic N) is 1. The van der Waals surface area contributed by atoms with E-state index in [0.717, 1.165) is 8.95 Å². The van der Waals surface area contributed by atoms with E-state index in [2.05, 4.69) is 68.1 Å². The highest BCUT2D eigenvalue weighted by atomic mass is 79.9. The molecule has 86 valence electrons. The van der Waals surface area contributed by atoms with Gasteiger partial charge in [-0.15, -0.1) is 23.5 Å². The third kappa shape index (κ3) is 1.96. The standard InChI is InChI=1S/C11H11Br2NS2/c1-14-8-5-6(12)4-7(13)9(8)10(15-2)11(14)16-3/h4-5H,1-3H3. The van der Waals surface area contributed by atoms with Gasteiger partial charge in [-0.05, 0) is 24.6 Å². The molecule has 0 saturated heterocycles. The van der Waals surface area contributed by atoms with E-state index in [-0.39, 0.29) is 0 Å². The Labute approximate surface area is 121 Å². The van der Waals surface area contributed by atoms with Crippen molar-refractivity contribution in [2.24, 2.45) is 7.05 Å². The number of aromatic nitrogens is 1. The van der Waals surface area contributed by atoms with E-state index in [4.69, 9.17) is 0 Å². The molecule has 0 amide bonds. The topological polar surface area (TPSA) is 4.93 Å². The molecular formula is C11H11Br2NS2. The van der Waals surface area contributed by atoms with Crippen molar-refractivity contribution in [2.45, 2.75) is 9.92 Å². The van der Waals surface area contributed by atoms with Gasteiger partial charge in [0.15, 0.2) is 0 Å². The molecule has 0 bridgehead atoms. The number of aryl methyl sites for hydroxylation is 1. The van der Waals surface area contributed by atoms with Gasteiger partial charge in [0.05, 0.1) is 10.5 Å². The lowest BCUT2D eigenvalue weighted by molar-refractivity contribution is 0.838. The van der Waals surface area contributed by atoms with Crippen LogP contribution in [0, 0.1) is 0 Å². The van der Waals surface area contributed by atoms with Crippen molar-refractivity contribution in [3.63, 3.8) is 0 Å². The number of thioether (sulfide) groups is 2. The summed E-state index contributed by atoms with van der Waals surface area (Å²) in [6.07, 6.45) is 4.25. The first-order valence-electron chi connectivity index (χ1n) is 4.65. The predicted octanol–water partition coefficient (Wildman–Crippen LogP) is 5.15. The maximum atomic E-state index is 3.65. The van der Waals surface area contributed by atoms with E-state index >= 15 is 0 Å². The molecule has 0 aliphatic carbocycles. The van der Waals surface area contributed by atoms with E-state index in [0.29, 0.717) is 0 Å². The van der Waals surface area contributed by atoms with Crippen LogP contribution in [0.1, 0.15) is 0 Å². The number of rotatable bonds is 2. The van der Waals surface area contributed by atoms with Crippen molar-refractivity contribution >= 4 is 66.3 Å². The van der Waals surface area contributed by atoms with E-state index < -0.39 is 0 Å². The average Bonchev–Trinajstić information content (AvgIpc) is 2.51. The average molecular weight is 381 g/mol. The molecule has 0 aliphatic heterocycles. The molecule has 2 aromatic rings. The summed E-state index contributed by atoms with van der Waals surface area (Å²) in [4.78, 5) is 1.35. The Morgan fingerprint density at radius 3 is 2.38 bits per heavy atom. The number of hydrogen-bond acceptors (Lipinski definition) is 2. The molecular weight excluding hydrogens is 370 g/mol. The molecule has 0 N–H and O–H groups in total. The van der Waals surface area contributed by atoms with Crippen molar-refractivity contribution in [1.82, 2.24) is 4.57 Å². The zero-order chi connectivity index (χ0) is 11.9. The molecule has 1 heterocycles. The molecule has 1 nitrogen and oxygen atoms in total. The van der Waals surface area contributed by atoms with Crippen LogP contribution >= 0.6 is 55.4 Å². The molecule has 0 saturated carbocycles. The number of benzene rings is 1. The van der Waals surface area contributed by atoms with Gasteiger partial charge in [0.25, 0.3) is 0 Å². The second kappa shape index (κ2) is 4.96. The van der Waals surface area contributed by atoms with Crippen LogP contribution in [0.2, 0.25) is 0 Å². The Hall–Kier alpha value is 0.420. The first-order chi connectivity index (χ1) is 7.60. The Morgan fingerprint density at radius 2 is 1.81 bits per heavy atom. The highest BCUT2D eigenvalue weighted by molar-refractivity contribution is 9.11. The van der Waals surface area contributed by atoms with E-state index in [9.17, 15) is 0 Å². The minimum atomic E-state index is 1.10. The first-order valence-corrected chi connectivity index (χ1v) is 8.69. The fraction of sp³-hybridized carbons (Fsp3) is 0.273. The molecule has 0 atom stereocenters. The Balaban J connectivity index is 2.93. The first kappa shape index (κ1) is 12.9.